The average molecular weight is 296 g/mol. The summed E-state index contributed by atoms with van der Waals surface area (Å²) in [5, 5.41) is 0. The summed E-state index contributed by atoms with van der Waals surface area (Å²) in [6, 6.07) is 3.82. The number of nitrogens with two attached hydrogens (primary N) is 1. The van der Waals surface area contributed by atoms with Crippen molar-refractivity contribution in [3.63, 3.8) is 0 Å². The third-order valence-electron chi connectivity index (χ3n) is 3.35. The number of nitrogens with zero attached hydrogens (tertiary/aromatic N) is 1. The molecule has 1 aliphatic rings. The first-order chi connectivity index (χ1) is 9.46. The van der Waals surface area contributed by atoms with Gasteiger partial charge in [0.2, 0.25) is 10.0 Å². The van der Waals surface area contributed by atoms with Crippen LogP contribution in [0.25, 0.3) is 0 Å². The quantitative estimate of drug-likeness (QED) is 0.837. The minimum absolute atomic E-state index is 0.0869. The Morgan fingerprint density at radius 2 is 2.25 bits per heavy atom. The van der Waals surface area contributed by atoms with E-state index in [4.69, 9.17) is 5.73 Å². The maximum absolute atomic E-state index is 14.0. The number of sulfonamides is 1. The Bertz CT molecular complexity index is 661. The number of benzene rings is 1. The predicted octanol–water partition coefficient (Wildman–Crippen LogP) is 1.31. The van der Waals surface area contributed by atoms with E-state index >= 15 is 0 Å². The summed E-state index contributed by atoms with van der Waals surface area (Å²) in [5.74, 6) is 4.51. The summed E-state index contributed by atoms with van der Waals surface area (Å²) in [6.45, 7) is 2.45. The van der Waals surface area contributed by atoms with Crippen LogP contribution < -0.4 is 5.73 Å². The lowest BCUT2D eigenvalue weighted by Crippen LogP contribution is -2.34. The Labute approximate surface area is 118 Å². The summed E-state index contributed by atoms with van der Waals surface area (Å²) in [4.78, 5) is -0.287. The smallest absolute Gasteiger partial charge is 0.246 e. The molecule has 0 aliphatic carbocycles. The van der Waals surface area contributed by atoms with Crippen molar-refractivity contribution in [2.45, 2.75) is 30.7 Å². The first kappa shape index (κ1) is 15.0. The van der Waals surface area contributed by atoms with Gasteiger partial charge in [0.1, 0.15) is 10.7 Å². The normalized spacial score (nSPS) is 19.6. The first-order valence-corrected chi connectivity index (χ1v) is 7.91. The van der Waals surface area contributed by atoms with Gasteiger partial charge in [-0.1, -0.05) is 11.8 Å². The summed E-state index contributed by atoms with van der Waals surface area (Å²) >= 11 is 0. The van der Waals surface area contributed by atoms with Crippen LogP contribution >= 0.6 is 0 Å². The molecule has 1 aromatic carbocycles. The van der Waals surface area contributed by atoms with E-state index < -0.39 is 15.8 Å². The maximum Gasteiger partial charge on any atom is 0.246 e. The molecule has 0 aromatic heterocycles. The van der Waals surface area contributed by atoms with E-state index in [1.165, 1.54) is 16.4 Å². The van der Waals surface area contributed by atoms with E-state index in [-0.39, 0.29) is 17.5 Å². The van der Waals surface area contributed by atoms with Gasteiger partial charge in [0.25, 0.3) is 0 Å². The van der Waals surface area contributed by atoms with Crippen LogP contribution in [0, 0.1) is 17.7 Å². The molecule has 1 heterocycles. The van der Waals surface area contributed by atoms with Gasteiger partial charge in [0.15, 0.2) is 0 Å². The van der Waals surface area contributed by atoms with Crippen molar-refractivity contribution in [1.29, 1.82) is 0 Å². The molecule has 2 N–H and O–H groups in total. The van der Waals surface area contributed by atoms with Gasteiger partial charge in [0, 0.05) is 18.2 Å². The first-order valence-electron chi connectivity index (χ1n) is 6.47. The molecule has 1 aliphatic heterocycles. The van der Waals surface area contributed by atoms with Crippen molar-refractivity contribution in [3.8, 4) is 11.8 Å². The van der Waals surface area contributed by atoms with Gasteiger partial charge in [-0.3, -0.25) is 0 Å². The highest BCUT2D eigenvalue weighted by Crippen LogP contribution is 2.27. The minimum atomic E-state index is -3.77. The second-order valence-corrected chi connectivity index (χ2v) is 6.62. The Hall–Kier alpha value is -1.42. The van der Waals surface area contributed by atoms with Crippen LogP contribution in [0.1, 0.15) is 25.3 Å². The molecule has 1 saturated heterocycles. The van der Waals surface area contributed by atoms with Crippen molar-refractivity contribution < 1.29 is 12.8 Å². The molecule has 4 nitrogen and oxygen atoms in total. The van der Waals surface area contributed by atoms with Gasteiger partial charge in [-0.2, -0.15) is 4.31 Å². The maximum atomic E-state index is 14.0. The largest absolute Gasteiger partial charge is 0.320 e. The van der Waals surface area contributed by atoms with E-state index in [9.17, 15) is 12.8 Å². The summed E-state index contributed by atoms with van der Waals surface area (Å²) in [5.41, 5.74) is 5.66. The zero-order valence-electron chi connectivity index (χ0n) is 11.3. The van der Waals surface area contributed by atoms with Gasteiger partial charge in [-0.15, -0.1) is 0 Å². The lowest BCUT2D eigenvalue weighted by Gasteiger charge is -2.21. The zero-order valence-corrected chi connectivity index (χ0v) is 12.1. The van der Waals surface area contributed by atoms with Gasteiger partial charge in [-0.25, -0.2) is 12.8 Å². The van der Waals surface area contributed by atoms with Gasteiger partial charge in [0.05, 0.1) is 6.54 Å². The number of rotatable bonds is 2. The van der Waals surface area contributed by atoms with Crippen LogP contribution in [0.15, 0.2) is 23.1 Å². The number of halogens is 1. The number of hydrogen-bond acceptors (Lipinski definition) is 3. The van der Waals surface area contributed by atoms with Gasteiger partial charge in [-0.05, 0) is 38.0 Å². The van der Waals surface area contributed by atoms with Crippen molar-refractivity contribution in [3.05, 3.63) is 29.6 Å². The highest BCUT2D eigenvalue weighted by Gasteiger charge is 2.34. The molecule has 0 amide bonds. The summed E-state index contributed by atoms with van der Waals surface area (Å²) in [6.07, 6.45) is 1.61. The van der Waals surface area contributed by atoms with Crippen LogP contribution in [0.3, 0.4) is 0 Å². The molecule has 1 fully saturated rings. The van der Waals surface area contributed by atoms with Crippen molar-refractivity contribution in [1.82, 2.24) is 4.31 Å². The van der Waals surface area contributed by atoms with Crippen LogP contribution in [-0.2, 0) is 10.0 Å². The fourth-order valence-corrected chi connectivity index (χ4v) is 4.08. The molecule has 0 bridgehead atoms. The summed E-state index contributed by atoms with van der Waals surface area (Å²) in [7, 11) is -3.77. The lowest BCUT2D eigenvalue weighted by molar-refractivity contribution is 0.405. The third-order valence-corrected chi connectivity index (χ3v) is 5.39. The Kier molecular flexibility index (Phi) is 4.43. The van der Waals surface area contributed by atoms with Gasteiger partial charge < -0.3 is 5.73 Å². The molecule has 1 atom stereocenters. The Morgan fingerprint density at radius 3 is 2.80 bits per heavy atom. The Morgan fingerprint density at radius 1 is 1.50 bits per heavy atom. The second kappa shape index (κ2) is 5.92. The molecule has 2 rings (SSSR count). The van der Waals surface area contributed by atoms with E-state index in [0.717, 1.165) is 18.9 Å². The SMILES string of the molecule is CC1CCCN1S(=O)(=O)c1ccc(C#CCN)cc1F. The van der Waals surface area contributed by atoms with Crippen molar-refractivity contribution >= 4 is 10.0 Å². The minimum Gasteiger partial charge on any atom is -0.320 e. The molecule has 0 saturated carbocycles. The highest BCUT2D eigenvalue weighted by atomic mass is 32.2. The van der Waals surface area contributed by atoms with Crippen LogP contribution in [0.4, 0.5) is 4.39 Å². The van der Waals surface area contributed by atoms with Crippen molar-refractivity contribution in [2.75, 3.05) is 13.1 Å². The van der Waals surface area contributed by atoms with Crippen LogP contribution in [-0.4, -0.2) is 31.9 Å². The highest BCUT2D eigenvalue weighted by molar-refractivity contribution is 7.89. The molecular weight excluding hydrogens is 279 g/mol. The fraction of sp³-hybridized carbons (Fsp3) is 0.429. The standard InChI is InChI=1S/C14H17FN2O2S/c1-11-4-3-9-17(11)20(18,19)14-7-6-12(5-2-8-16)10-13(14)15/h6-7,10-11H,3-4,8-9,16H2,1H3. The van der Waals surface area contributed by atoms with E-state index in [1.807, 2.05) is 6.92 Å². The second-order valence-electron chi connectivity index (χ2n) is 4.76. The van der Waals surface area contributed by atoms with Crippen molar-refractivity contribution in [2.24, 2.45) is 5.73 Å². The zero-order chi connectivity index (χ0) is 14.8. The molecule has 0 radical (unpaired) electrons. The Balaban J connectivity index is 2.38. The fourth-order valence-electron chi connectivity index (χ4n) is 2.33. The van der Waals surface area contributed by atoms with E-state index in [0.29, 0.717) is 12.1 Å². The van der Waals surface area contributed by atoms with Gasteiger partial charge >= 0.3 is 0 Å². The predicted molar refractivity (Wildman–Crippen MR) is 74.9 cm³/mol. The lowest BCUT2D eigenvalue weighted by atomic mass is 10.2. The summed E-state index contributed by atoms with van der Waals surface area (Å²) < 4.78 is 40.2. The van der Waals surface area contributed by atoms with Crippen LogP contribution in [0.5, 0.6) is 0 Å². The molecule has 1 aromatic rings. The van der Waals surface area contributed by atoms with Crippen LogP contribution in [0.2, 0.25) is 0 Å². The molecular formula is C14H17FN2O2S. The third kappa shape index (κ3) is 2.85. The number of hydrogen-bond donors (Lipinski definition) is 1. The monoisotopic (exact) mass is 296 g/mol. The molecule has 6 heteroatoms. The topological polar surface area (TPSA) is 63.4 Å². The average Bonchev–Trinajstić information content (AvgIpc) is 2.83. The van der Waals surface area contributed by atoms with E-state index in [1.54, 1.807) is 0 Å². The molecule has 0 spiro atoms. The molecule has 108 valence electrons. The van der Waals surface area contributed by atoms with E-state index in [2.05, 4.69) is 11.8 Å². The molecule has 1 unspecified atom stereocenters. The molecule has 20 heavy (non-hydrogen) atoms.